The predicted molar refractivity (Wildman–Crippen MR) is 94.7 cm³/mol. The zero-order valence-corrected chi connectivity index (χ0v) is 14.5. The first-order valence-corrected chi connectivity index (χ1v) is 8.46. The van der Waals surface area contributed by atoms with Crippen LogP contribution in [0.25, 0.3) is 0 Å². The Labute approximate surface area is 151 Å². The molecule has 3 rings (SSSR count). The van der Waals surface area contributed by atoms with Crippen molar-refractivity contribution in [1.29, 1.82) is 0 Å². The normalized spacial score (nSPS) is 19.9. The number of pyridine rings is 1. The lowest BCUT2D eigenvalue weighted by Gasteiger charge is -2.18. The molecule has 0 spiro atoms. The summed E-state index contributed by atoms with van der Waals surface area (Å²) in [6.07, 6.45) is 3.51. The van der Waals surface area contributed by atoms with Gasteiger partial charge in [0.15, 0.2) is 0 Å². The van der Waals surface area contributed by atoms with Crippen LogP contribution in [0, 0.1) is 11.7 Å². The number of aromatic nitrogens is 1. The highest BCUT2D eigenvalue weighted by Gasteiger charge is 2.38. The molecular formula is C19H21FN4O2. The molecule has 0 bridgehead atoms. The van der Waals surface area contributed by atoms with Gasteiger partial charge in [-0.15, -0.1) is 0 Å². The molecule has 0 saturated carbocycles. The van der Waals surface area contributed by atoms with Crippen LogP contribution in [0.15, 0.2) is 48.8 Å². The second-order valence-corrected chi connectivity index (χ2v) is 6.36. The van der Waals surface area contributed by atoms with Gasteiger partial charge in [-0.3, -0.25) is 19.5 Å². The van der Waals surface area contributed by atoms with Crippen molar-refractivity contribution in [3.63, 3.8) is 0 Å². The standard InChI is InChI=1S/C19H21FN4O2/c1-21-19(26)16-11-24(10-13-3-2-8-22-9-13)12-17(16)23-18(25)14-4-6-15(20)7-5-14/h2-9,16-17H,10-12H2,1H3,(H,21,26)(H,23,25)/t16-,17-/m0/s1. The lowest BCUT2D eigenvalue weighted by molar-refractivity contribution is -0.124. The Morgan fingerprint density at radius 3 is 2.65 bits per heavy atom. The summed E-state index contributed by atoms with van der Waals surface area (Å²) in [6.45, 7) is 1.76. The van der Waals surface area contributed by atoms with E-state index >= 15 is 0 Å². The molecule has 2 atom stereocenters. The van der Waals surface area contributed by atoms with Crippen LogP contribution < -0.4 is 10.6 Å². The van der Waals surface area contributed by atoms with Crippen molar-refractivity contribution >= 4 is 11.8 Å². The van der Waals surface area contributed by atoms with E-state index in [9.17, 15) is 14.0 Å². The first kappa shape index (κ1) is 18.0. The van der Waals surface area contributed by atoms with E-state index in [1.807, 2.05) is 12.1 Å². The molecule has 0 radical (unpaired) electrons. The molecule has 136 valence electrons. The van der Waals surface area contributed by atoms with Crippen LogP contribution in [0.2, 0.25) is 0 Å². The van der Waals surface area contributed by atoms with Crippen LogP contribution in [0.4, 0.5) is 4.39 Å². The lowest BCUT2D eigenvalue weighted by Crippen LogP contribution is -2.45. The minimum absolute atomic E-state index is 0.108. The fourth-order valence-electron chi connectivity index (χ4n) is 3.21. The molecule has 2 heterocycles. The number of amides is 2. The molecule has 6 nitrogen and oxygen atoms in total. The predicted octanol–water partition coefficient (Wildman–Crippen LogP) is 1.20. The molecule has 0 unspecified atom stereocenters. The minimum Gasteiger partial charge on any atom is -0.359 e. The molecule has 0 aliphatic carbocycles. The smallest absolute Gasteiger partial charge is 0.251 e. The number of likely N-dealkylation sites (tertiary alicyclic amines) is 1. The molecular weight excluding hydrogens is 335 g/mol. The van der Waals surface area contributed by atoms with Gasteiger partial charge in [0, 0.05) is 44.6 Å². The molecule has 1 aromatic heterocycles. The second-order valence-electron chi connectivity index (χ2n) is 6.36. The van der Waals surface area contributed by atoms with Gasteiger partial charge in [0.25, 0.3) is 5.91 Å². The zero-order valence-electron chi connectivity index (χ0n) is 14.5. The number of nitrogens with one attached hydrogen (secondary N) is 2. The maximum atomic E-state index is 13.0. The third kappa shape index (κ3) is 4.23. The van der Waals surface area contributed by atoms with Gasteiger partial charge < -0.3 is 10.6 Å². The fourth-order valence-corrected chi connectivity index (χ4v) is 3.21. The number of hydrogen-bond acceptors (Lipinski definition) is 4. The summed E-state index contributed by atoms with van der Waals surface area (Å²) in [5.41, 5.74) is 1.42. The molecule has 1 aromatic carbocycles. The second kappa shape index (κ2) is 8.05. The van der Waals surface area contributed by atoms with E-state index in [2.05, 4.69) is 20.5 Å². The molecule has 2 N–H and O–H groups in total. The Morgan fingerprint density at radius 1 is 1.23 bits per heavy atom. The van der Waals surface area contributed by atoms with Gasteiger partial charge in [-0.25, -0.2) is 4.39 Å². The highest BCUT2D eigenvalue weighted by Crippen LogP contribution is 2.20. The van der Waals surface area contributed by atoms with Gasteiger partial charge in [-0.1, -0.05) is 6.07 Å². The van der Waals surface area contributed by atoms with E-state index in [-0.39, 0.29) is 23.8 Å². The molecule has 26 heavy (non-hydrogen) atoms. The molecule has 2 aromatic rings. The number of carbonyl (C=O) groups is 2. The number of rotatable bonds is 5. The average Bonchev–Trinajstić information content (AvgIpc) is 3.04. The van der Waals surface area contributed by atoms with Crippen molar-refractivity contribution in [3.8, 4) is 0 Å². The van der Waals surface area contributed by atoms with Crippen molar-refractivity contribution in [2.75, 3.05) is 20.1 Å². The molecule has 1 fully saturated rings. The minimum atomic E-state index is -0.395. The van der Waals surface area contributed by atoms with Gasteiger partial charge in [0.1, 0.15) is 5.82 Å². The molecule has 7 heteroatoms. The summed E-state index contributed by atoms with van der Waals surface area (Å²) in [5, 5.41) is 5.58. The van der Waals surface area contributed by atoms with Gasteiger partial charge in [-0.2, -0.15) is 0 Å². The largest absolute Gasteiger partial charge is 0.359 e. The molecule has 1 aliphatic rings. The fraction of sp³-hybridized carbons (Fsp3) is 0.316. The van der Waals surface area contributed by atoms with Crippen LogP contribution in [0.5, 0.6) is 0 Å². The van der Waals surface area contributed by atoms with E-state index in [0.29, 0.717) is 25.2 Å². The Morgan fingerprint density at radius 2 is 2.00 bits per heavy atom. The van der Waals surface area contributed by atoms with E-state index in [0.717, 1.165) is 5.56 Å². The van der Waals surface area contributed by atoms with E-state index < -0.39 is 5.82 Å². The van der Waals surface area contributed by atoms with Crippen molar-refractivity contribution in [1.82, 2.24) is 20.5 Å². The van der Waals surface area contributed by atoms with Gasteiger partial charge in [-0.05, 0) is 35.9 Å². The Hall–Kier alpha value is -2.80. The maximum Gasteiger partial charge on any atom is 0.251 e. The average molecular weight is 356 g/mol. The number of halogens is 1. The van der Waals surface area contributed by atoms with Crippen molar-refractivity contribution in [2.24, 2.45) is 5.92 Å². The summed E-state index contributed by atoms with van der Waals surface area (Å²) in [6, 6.07) is 8.89. The SMILES string of the molecule is CNC(=O)[C@H]1CN(Cc2cccnc2)C[C@@H]1NC(=O)c1ccc(F)cc1. The van der Waals surface area contributed by atoms with Crippen LogP contribution in [-0.2, 0) is 11.3 Å². The van der Waals surface area contributed by atoms with Gasteiger partial charge >= 0.3 is 0 Å². The molecule has 1 saturated heterocycles. The summed E-state index contributed by atoms with van der Waals surface area (Å²) in [5.74, 6) is -1.16. The zero-order chi connectivity index (χ0) is 18.5. The van der Waals surface area contributed by atoms with Crippen LogP contribution >= 0.6 is 0 Å². The number of nitrogens with zero attached hydrogens (tertiary/aromatic N) is 2. The van der Waals surface area contributed by atoms with Gasteiger partial charge in [0.05, 0.1) is 12.0 Å². The van der Waals surface area contributed by atoms with Crippen molar-refractivity contribution < 1.29 is 14.0 Å². The summed E-state index contributed by atoms with van der Waals surface area (Å²) in [4.78, 5) is 30.9. The summed E-state index contributed by atoms with van der Waals surface area (Å²) < 4.78 is 13.0. The topological polar surface area (TPSA) is 74.3 Å². The molecule has 2 amide bonds. The number of benzene rings is 1. The third-order valence-electron chi connectivity index (χ3n) is 4.53. The Balaban J connectivity index is 1.69. The summed E-state index contributed by atoms with van der Waals surface area (Å²) in [7, 11) is 1.59. The first-order chi connectivity index (χ1) is 12.6. The van der Waals surface area contributed by atoms with Crippen molar-refractivity contribution in [2.45, 2.75) is 12.6 Å². The van der Waals surface area contributed by atoms with Crippen LogP contribution in [-0.4, -0.2) is 47.9 Å². The highest BCUT2D eigenvalue weighted by atomic mass is 19.1. The Bertz CT molecular complexity index is 767. The van der Waals surface area contributed by atoms with Crippen LogP contribution in [0.3, 0.4) is 0 Å². The highest BCUT2D eigenvalue weighted by molar-refractivity contribution is 5.95. The summed E-state index contributed by atoms with van der Waals surface area (Å²) >= 11 is 0. The quantitative estimate of drug-likeness (QED) is 0.844. The Kier molecular flexibility index (Phi) is 5.58. The molecule has 1 aliphatic heterocycles. The van der Waals surface area contributed by atoms with E-state index in [1.54, 1.807) is 19.4 Å². The maximum absolute atomic E-state index is 13.0. The van der Waals surface area contributed by atoms with E-state index in [1.165, 1.54) is 24.3 Å². The third-order valence-corrected chi connectivity index (χ3v) is 4.53. The number of hydrogen-bond donors (Lipinski definition) is 2. The van der Waals surface area contributed by atoms with Crippen LogP contribution in [0.1, 0.15) is 15.9 Å². The lowest BCUT2D eigenvalue weighted by atomic mass is 10.0. The van der Waals surface area contributed by atoms with E-state index in [4.69, 9.17) is 0 Å². The first-order valence-electron chi connectivity index (χ1n) is 8.46. The van der Waals surface area contributed by atoms with Gasteiger partial charge in [0.2, 0.25) is 5.91 Å². The van der Waals surface area contributed by atoms with Crippen molar-refractivity contribution in [3.05, 3.63) is 65.7 Å². The number of carbonyl (C=O) groups excluding carboxylic acids is 2. The monoisotopic (exact) mass is 356 g/mol.